The molecule has 5 nitrogen and oxygen atoms in total. The molecule has 3 rings (SSSR count). The van der Waals surface area contributed by atoms with E-state index >= 15 is 0 Å². The van der Waals surface area contributed by atoms with E-state index in [9.17, 15) is 18.4 Å². The minimum Gasteiger partial charge on any atom is -0.497 e. The summed E-state index contributed by atoms with van der Waals surface area (Å²) in [4.78, 5) is 3.81. The Hall–Kier alpha value is -2.89. The van der Waals surface area contributed by atoms with Crippen LogP contribution in [0.4, 0.5) is 13.2 Å². The number of ether oxygens (including phenoxy) is 1. The van der Waals surface area contributed by atoms with Crippen molar-refractivity contribution in [2.24, 2.45) is 5.92 Å². The van der Waals surface area contributed by atoms with Gasteiger partial charge in [0.05, 0.1) is 30.0 Å². The molecule has 1 aromatic carbocycles. The Kier molecular flexibility index (Phi) is 5.44. The topological polar surface area (TPSA) is 70.0 Å². The minimum absolute atomic E-state index is 0.0721. The Morgan fingerprint density at radius 1 is 1.26 bits per heavy atom. The Morgan fingerprint density at radius 3 is 2.56 bits per heavy atom. The zero-order valence-electron chi connectivity index (χ0n) is 14.4. The lowest BCUT2D eigenvalue weighted by Crippen LogP contribution is -2.24. The Morgan fingerprint density at radius 2 is 2.00 bits per heavy atom. The molecule has 1 fully saturated rings. The summed E-state index contributed by atoms with van der Waals surface area (Å²) < 4.78 is 43.2. The SMILES string of the molecule is COc1ccc(C2NNCC2/C=C(\C#N)c2ccc(C(F)(F)F)cn2)cc1. The molecular weight excluding hydrogens is 357 g/mol. The van der Waals surface area contributed by atoms with Crippen molar-refractivity contribution in [3.05, 3.63) is 65.5 Å². The number of allylic oxidation sites excluding steroid dienone is 1. The van der Waals surface area contributed by atoms with Crippen molar-refractivity contribution in [2.75, 3.05) is 13.7 Å². The number of hydrogen-bond donors (Lipinski definition) is 2. The summed E-state index contributed by atoms with van der Waals surface area (Å²) in [6.45, 7) is 0.572. The minimum atomic E-state index is -4.46. The number of pyridine rings is 1. The summed E-state index contributed by atoms with van der Waals surface area (Å²) in [5, 5.41) is 9.46. The first kappa shape index (κ1) is 18.9. The molecule has 1 aromatic heterocycles. The number of nitrogens with one attached hydrogen (secondary N) is 2. The highest BCUT2D eigenvalue weighted by atomic mass is 19.4. The van der Waals surface area contributed by atoms with Gasteiger partial charge in [-0.15, -0.1) is 0 Å². The standard InChI is InChI=1S/C19H17F3N4O/c1-27-16-5-2-12(3-6-16)18-14(10-25-26-18)8-13(9-23)17-7-4-15(11-24-17)19(20,21)22/h2-8,11,14,18,25-26H,10H2,1H3/b13-8+. The summed E-state index contributed by atoms with van der Waals surface area (Å²) in [6.07, 6.45) is -1.98. The van der Waals surface area contributed by atoms with Gasteiger partial charge < -0.3 is 4.74 Å². The van der Waals surface area contributed by atoms with E-state index in [4.69, 9.17) is 4.74 Å². The second-order valence-electron chi connectivity index (χ2n) is 6.06. The fourth-order valence-electron chi connectivity index (χ4n) is 2.92. The average molecular weight is 374 g/mol. The van der Waals surface area contributed by atoms with Crippen LogP contribution in [0.2, 0.25) is 0 Å². The van der Waals surface area contributed by atoms with Gasteiger partial charge in [0.1, 0.15) is 11.8 Å². The molecule has 27 heavy (non-hydrogen) atoms. The zero-order chi connectivity index (χ0) is 19.4. The van der Waals surface area contributed by atoms with E-state index in [1.165, 1.54) is 6.07 Å². The van der Waals surface area contributed by atoms with Crippen molar-refractivity contribution in [2.45, 2.75) is 12.2 Å². The summed E-state index contributed by atoms with van der Waals surface area (Å²) in [5.74, 6) is 0.667. The van der Waals surface area contributed by atoms with Crippen LogP contribution in [0.3, 0.4) is 0 Å². The van der Waals surface area contributed by atoms with Crippen LogP contribution in [0.5, 0.6) is 5.75 Å². The highest BCUT2D eigenvalue weighted by Gasteiger charge is 2.31. The third-order valence-electron chi connectivity index (χ3n) is 4.37. The first-order chi connectivity index (χ1) is 12.9. The van der Waals surface area contributed by atoms with Gasteiger partial charge in [-0.3, -0.25) is 10.4 Å². The number of benzene rings is 1. The van der Waals surface area contributed by atoms with Gasteiger partial charge in [0.15, 0.2) is 0 Å². The fraction of sp³-hybridized carbons (Fsp3) is 0.263. The van der Waals surface area contributed by atoms with Gasteiger partial charge in [-0.05, 0) is 29.8 Å². The second kappa shape index (κ2) is 7.78. The molecule has 8 heteroatoms. The van der Waals surface area contributed by atoms with Gasteiger partial charge in [0, 0.05) is 18.7 Å². The number of alkyl halides is 3. The monoisotopic (exact) mass is 374 g/mol. The molecule has 0 saturated carbocycles. The number of aromatic nitrogens is 1. The molecule has 1 saturated heterocycles. The normalized spacial score (nSPS) is 20.3. The van der Waals surface area contributed by atoms with Gasteiger partial charge in [-0.1, -0.05) is 18.2 Å². The summed E-state index contributed by atoms with van der Waals surface area (Å²) in [7, 11) is 1.59. The van der Waals surface area contributed by atoms with Gasteiger partial charge in [0.2, 0.25) is 0 Å². The first-order valence-corrected chi connectivity index (χ1v) is 8.20. The number of rotatable bonds is 4. The summed E-state index contributed by atoms with van der Waals surface area (Å²) in [6, 6.07) is 11.6. The molecule has 0 radical (unpaired) electrons. The van der Waals surface area contributed by atoms with E-state index in [2.05, 4.69) is 15.8 Å². The highest BCUT2D eigenvalue weighted by molar-refractivity contribution is 5.74. The fourth-order valence-corrected chi connectivity index (χ4v) is 2.92. The molecule has 2 aromatic rings. The third kappa shape index (κ3) is 4.27. The predicted molar refractivity (Wildman–Crippen MR) is 93.2 cm³/mol. The summed E-state index contributed by atoms with van der Waals surface area (Å²) in [5.41, 5.74) is 6.82. The van der Waals surface area contributed by atoms with Crippen LogP contribution in [0, 0.1) is 17.2 Å². The van der Waals surface area contributed by atoms with Gasteiger partial charge >= 0.3 is 6.18 Å². The maximum Gasteiger partial charge on any atom is 0.417 e. The number of nitrogens with zero attached hydrogens (tertiary/aromatic N) is 2. The lowest BCUT2D eigenvalue weighted by Gasteiger charge is -2.17. The molecule has 0 amide bonds. The molecule has 2 heterocycles. The highest BCUT2D eigenvalue weighted by Crippen LogP contribution is 2.31. The van der Waals surface area contributed by atoms with Crippen molar-refractivity contribution >= 4 is 5.57 Å². The van der Waals surface area contributed by atoms with E-state index in [1.807, 2.05) is 30.3 Å². The van der Waals surface area contributed by atoms with Gasteiger partial charge in [0.25, 0.3) is 0 Å². The predicted octanol–water partition coefficient (Wildman–Crippen LogP) is 3.48. The molecular formula is C19H17F3N4O. The molecule has 2 atom stereocenters. The zero-order valence-corrected chi connectivity index (χ0v) is 14.4. The van der Waals surface area contributed by atoms with E-state index in [-0.39, 0.29) is 23.2 Å². The molecule has 2 unspecified atom stereocenters. The Balaban J connectivity index is 1.84. The molecule has 140 valence electrons. The van der Waals surface area contributed by atoms with Crippen molar-refractivity contribution in [1.82, 2.24) is 15.8 Å². The molecule has 1 aliphatic rings. The van der Waals surface area contributed by atoms with Crippen molar-refractivity contribution in [1.29, 1.82) is 5.26 Å². The lowest BCUT2D eigenvalue weighted by molar-refractivity contribution is -0.137. The van der Waals surface area contributed by atoms with E-state index < -0.39 is 11.7 Å². The molecule has 1 aliphatic heterocycles. The number of nitriles is 1. The lowest BCUT2D eigenvalue weighted by atomic mass is 9.92. The number of methoxy groups -OCH3 is 1. The van der Waals surface area contributed by atoms with Crippen LogP contribution in [-0.4, -0.2) is 18.6 Å². The molecule has 0 bridgehead atoms. The van der Waals surface area contributed by atoms with Crippen LogP contribution in [0.1, 0.15) is 22.9 Å². The van der Waals surface area contributed by atoms with E-state index in [1.54, 1.807) is 13.2 Å². The average Bonchev–Trinajstić information content (AvgIpc) is 3.14. The Labute approximate surface area is 154 Å². The van der Waals surface area contributed by atoms with Gasteiger partial charge in [-0.25, -0.2) is 5.43 Å². The van der Waals surface area contributed by atoms with Crippen molar-refractivity contribution < 1.29 is 17.9 Å². The van der Waals surface area contributed by atoms with Crippen molar-refractivity contribution in [3.8, 4) is 11.8 Å². The number of hydrazine groups is 1. The number of hydrogen-bond acceptors (Lipinski definition) is 5. The molecule has 0 aliphatic carbocycles. The van der Waals surface area contributed by atoms with E-state index in [0.717, 1.165) is 23.6 Å². The van der Waals surface area contributed by atoms with Crippen LogP contribution in [0.25, 0.3) is 5.57 Å². The van der Waals surface area contributed by atoms with Crippen LogP contribution in [-0.2, 0) is 6.18 Å². The smallest absolute Gasteiger partial charge is 0.417 e. The maximum atomic E-state index is 12.7. The maximum absolute atomic E-state index is 12.7. The van der Waals surface area contributed by atoms with Gasteiger partial charge in [-0.2, -0.15) is 18.4 Å². The Bertz CT molecular complexity index is 855. The largest absolute Gasteiger partial charge is 0.497 e. The quantitative estimate of drug-likeness (QED) is 0.802. The summed E-state index contributed by atoms with van der Waals surface area (Å²) >= 11 is 0. The molecule has 0 spiro atoms. The van der Waals surface area contributed by atoms with Crippen molar-refractivity contribution in [3.63, 3.8) is 0 Å². The third-order valence-corrected chi connectivity index (χ3v) is 4.37. The van der Waals surface area contributed by atoms with E-state index in [0.29, 0.717) is 6.54 Å². The van der Waals surface area contributed by atoms with Crippen LogP contribution >= 0.6 is 0 Å². The van der Waals surface area contributed by atoms with Crippen LogP contribution in [0.15, 0.2) is 48.7 Å². The van der Waals surface area contributed by atoms with Crippen LogP contribution < -0.4 is 15.6 Å². The molecule has 2 N–H and O–H groups in total. The number of halogens is 3. The first-order valence-electron chi connectivity index (χ1n) is 8.20. The second-order valence-corrected chi connectivity index (χ2v) is 6.06.